The number of furan rings is 1. The molecule has 0 aliphatic rings. The van der Waals surface area contributed by atoms with Crippen molar-refractivity contribution in [2.45, 2.75) is 39.3 Å². The molecule has 1 N–H and O–H groups in total. The van der Waals surface area contributed by atoms with Gasteiger partial charge in [0.25, 0.3) is 0 Å². The van der Waals surface area contributed by atoms with Gasteiger partial charge in [-0.05, 0) is 42.5 Å². The van der Waals surface area contributed by atoms with E-state index in [2.05, 4.69) is 30.6 Å². The normalized spacial score (nSPS) is 12.8. The van der Waals surface area contributed by atoms with Crippen molar-refractivity contribution in [2.24, 2.45) is 0 Å². The molecular weight excluding hydrogens is 230 g/mol. The lowest BCUT2D eigenvalue weighted by molar-refractivity contribution is 0.457. The van der Waals surface area contributed by atoms with Gasteiger partial charge in [0.15, 0.2) is 0 Å². The molecule has 3 heteroatoms. The summed E-state index contributed by atoms with van der Waals surface area (Å²) in [6.45, 7) is 5.36. The highest BCUT2D eigenvalue weighted by atomic mass is 32.1. The lowest BCUT2D eigenvalue weighted by Gasteiger charge is -2.12. The predicted molar refractivity (Wildman–Crippen MR) is 72.4 cm³/mol. The Labute approximate surface area is 107 Å². The fraction of sp³-hybridized carbons (Fsp3) is 0.429. The van der Waals surface area contributed by atoms with Crippen LogP contribution >= 0.6 is 11.3 Å². The molecule has 0 spiro atoms. The van der Waals surface area contributed by atoms with Gasteiger partial charge in [0.2, 0.25) is 0 Å². The Hall–Kier alpha value is -1.06. The molecule has 0 saturated carbocycles. The van der Waals surface area contributed by atoms with Gasteiger partial charge < -0.3 is 9.73 Å². The summed E-state index contributed by atoms with van der Waals surface area (Å²) in [6.07, 6.45) is 3.80. The van der Waals surface area contributed by atoms with Crippen molar-refractivity contribution in [3.8, 4) is 0 Å². The van der Waals surface area contributed by atoms with Gasteiger partial charge in [0.05, 0.1) is 6.26 Å². The summed E-state index contributed by atoms with van der Waals surface area (Å²) in [4.78, 5) is 1.46. The molecule has 2 rings (SSSR count). The molecule has 92 valence electrons. The van der Waals surface area contributed by atoms with E-state index < -0.39 is 0 Å². The van der Waals surface area contributed by atoms with Crippen LogP contribution in [0.1, 0.15) is 30.0 Å². The second-order valence-electron chi connectivity index (χ2n) is 4.29. The number of nitrogens with one attached hydrogen (secondary N) is 1. The molecule has 0 aromatic carbocycles. The molecule has 1 unspecified atom stereocenters. The van der Waals surface area contributed by atoms with Crippen molar-refractivity contribution in [1.29, 1.82) is 0 Å². The highest BCUT2D eigenvalue weighted by Crippen LogP contribution is 2.17. The van der Waals surface area contributed by atoms with Gasteiger partial charge in [-0.25, -0.2) is 0 Å². The Morgan fingerprint density at radius 1 is 1.41 bits per heavy atom. The maximum Gasteiger partial charge on any atom is 0.105 e. The number of aryl methyl sites for hydroxylation is 1. The van der Waals surface area contributed by atoms with Crippen LogP contribution in [-0.2, 0) is 19.4 Å². The Bertz CT molecular complexity index is 433. The van der Waals surface area contributed by atoms with Crippen LogP contribution in [-0.4, -0.2) is 6.04 Å². The Morgan fingerprint density at radius 2 is 2.29 bits per heavy atom. The van der Waals surface area contributed by atoms with Crippen LogP contribution in [0.3, 0.4) is 0 Å². The average molecular weight is 249 g/mol. The van der Waals surface area contributed by atoms with E-state index in [9.17, 15) is 0 Å². The monoisotopic (exact) mass is 249 g/mol. The van der Waals surface area contributed by atoms with Gasteiger partial charge in [0, 0.05) is 23.9 Å². The Morgan fingerprint density at radius 3 is 3.00 bits per heavy atom. The first-order valence-corrected chi connectivity index (χ1v) is 6.98. The molecule has 2 aromatic heterocycles. The van der Waals surface area contributed by atoms with Crippen molar-refractivity contribution in [3.63, 3.8) is 0 Å². The van der Waals surface area contributed by atoms with Crippen LogP contribution in [0.5, 0.6) is 0 Å². The highest BCUT2D eigenvalue weighted by Gasteiger charge is 2.07. The fourth-order valence-electron chi connectivity index (χ4n) is 1.91. The summed E-state index contributed by atoms with van der Waals surface area (Å²) in [5, 5.41) is 5.72. The molecule has 2 aromatic rings. The number of thiophene rings is 1. The second-order valence-corrected chi connectivity index (χ2v) is 5.29. The largest absolute Gasteiger partial charge is 0.469 e. The molecule has 0 saturated heterocycles. The minimum atomic E-state index is 0.438. The van der Waals surface area contributed by atoms with Crippen LogP contribution in [0.2, 0.25) is 0 Å². The topological polar surface area (TPSA) is 25.2 Å². The molecule has 0 fully saturated rings. The third-order valence-corrected chi connectivity index (χ3v) is 3.88. The first kappa shape index (κ1) is 12.4. The van der Waals surface area contributed by atoms with Crippen molar-refractivity contribution >= 4 is 11.3 Å². The molecule has 1 atom stereocenters. The Balaban J connectivity index is 1.82. The molecule has 0 aliphatic heterocycles. The van der Waals surface area contributed by atoms with E-state index in [0.717, 1.165) is 25.1 Å². The lowest BCUT2D eigenvalue weighted by Crippen LogP contribution is -2.27. The van der Waals surface area contributed by atoms with E-state index in [-0.39, 0.29) is 0 Å². The first-order valence-electron chi connectivity index (χ1n) is 6.10. The number of hydrogen-bond acceptors (Lipinski definition) is 3. The zero-order valence-electron chi connectivity index (χ0n) is 10.4. The summed E-state index contributed by atoms with van der Waals surface area (Å²) >= 11 is 1.84. The van der Waals surface area contributed by atoms with Crippen molar-refractivity contribution < 1.29 is 4.42 Å². The Kier molecular flexibility index (Phi) is 4.40. The van der Waals surface area contributed by atoms with Crippen molar-refractivity contribution in [2.75, 3.05) is 0 Å². The molecule has 2 heterocycles. The van der Waals surface area contributed by atoms with E-state index in [1.54, 1.807) is 6.26 Å². The zero-order chi connectivity index (χ0) is 12.1. The third-order valence-electron chi connectivity index (χ3n) is 2.92. The van der Waals surface area contributed by atoms with Crippen LogP contribution in [0.4, 0.5) is 0 Å². The maximum absolute atomic E-state index is 5.35. The van der Waals surface area contributed by atoms with E-state index in [4.69, 9.17) is 4.42 Å². The van der Waals surface area contributed by atoms with E-state index in [1.807, 2.05) is 23.5 Å². The molecule has 0 radical (unpaired) electrons. The molecule has 17 heavy (non-hydrogen) atoms. The smallest absolute Gasteiger partial charge is 0.105 e. The van der Waals surface area contributed by atoms with Gasteiger partial charge in [0.1, 0.15) is 5.76 Å². The average Bonchev–Trinajstić information content (AvgIpc) is 2.96. The van der Waals surface area contributed by atoms with E-state index in [0.29, 0.717) is 6.04 Å². The SMILES string of the molecule is CCc1ccsc1CNC(C)Cc1ccco1. The molecule has 2 nitrogen and oxygen atoms in total. The molecular formula is C14H19NOS. The fourth-order valence-corrected chi connectivity index (χ4v) is 2.83. The summed E-state index contributed by atoms with van der Waals surface area (Å²) in [5.41, 5.74) is 1.47. The highest BCUT2D eigenvalue weighted by molar-refractivity contribution is 7.10. The summed E-state index contributed by atoms with van der Waals surface area (Å²) in [5.74, 6) is 1.05. The number of rotatable bonds is 6. The van der Waals surface area contributed by atoms with Crippen molar-refractivity contribution in [1.82, 2.24) is 5.32 Å². The second kappa shape index (κ2) is 6.03. The van der Waals surface area contributed by atoms with E-state index >= 15 is 0 Å². The quantitative estimate of drug-likeness (QED) is 0.845. The summed E-state index contributed by atoms with van der Waals surface area (Å²) < 4.78 is 5.35. The first-order chi connectivity index (χ1) is 8.29. The zero-order valence-corrected chi connectivity index (χ0v) is 11.2. The molecule has 0 amide bonds. The standard InChI is InChI=1S/C14H19NOS/c1-3-12-6-8-17-14(12)10-15-11(2)9-13-5-4-7-16-13/h4-8,11,15H,3,9-10H2,1-2H3. The van der Waals surface area contributed by atoms with Gasteiger partial charge in [-0.15, -0.1) is 11.3 Å². The molecule has 0 bridgehead atoms. The van der Waals surface area contributed by atoms with Gasteiger partial charge >= 0.3 is 0 Å². The lowest BCUT2D eigenvalue weighted by atomic mass is 10.1. The minimum Gasteiger partial charge on any atom is -0.469 e. The van der Waals surface area contributed by atoms with Gasteiger partial charge in [-0.2, -0.15) is 0 Å². The molecule has 0 aliphatic carbocycles. The van der Waals surface area contributed by atoms with Gasteiger partial charge in [-0.3, -0.25) is 0 Å². The van der Waals surface area contributed by atoms with Gasteiger partial charge in [-0.1, -0.05) is 6.92 Å². The summed E-state index contributed by atoms with van der Waals surface area (Å²) in [6, 6.07) is 6.63. The van der Waals surface area contributed by atoms with Crippen LogP contribution < -0.4 is 5.32 Å². The summed E-state index contributed by atoms with van der Waals surface area (Å²) in [7, 11) is 0. The van der Waals surface area contributed by atoms with Crippen LogP contribution in [0.15, 0.2) is 34.3 Å². The van der Waals surface area contributed by atoms with E-state index in [1.165, 1.54) is 10.4 Å². The predicted octanol–water partition coefficient (Wildman–Crippen LogP) is 3.62. The van der Waals surface area contributed by atoms with Crippen LogP contribution in [0, 0.1) is 0 Å². The number of hydrogen-bond donors (Lipinski definition) is 1. The maximum atomic E-state index is 5.35. The third kappa shape index (κ3) is 3.45. The van der Waals surface area contributed by atoms with Crippen LogP contribution in [0.25, 0.3) is 0 Å². The minimum absolute atomic E-state index is 0.438. The van der Waals surface area contributed by atoms with Crippen molar-refractivity contribution in [3.05, 3.63) is 46.0 Å².